The number of rotatable bonds is 5. The molecule has 0 bridgehead atoms. The minimum absolute atomic E-state index is 0.0663. The fourth-order valence-corrected chi connectivity index (χ4v) is 1.66. The number of nitrogens with zero attached hydrogens (tertiary/aromatic N) is 1. The molecule has 0 saturated heterocycles. The lowest BCUT2D eigenvalue weighted by Gasteiger charge is -2.18. The molecule has 0 atom stereocenters. The van der Waals surface area contributed by atoms with Crippen molar-refractivity contribution in [3.63, 3.8) is 0 Å². The van der Waals surface area contributed by atoms with Crippen LogP contribution in [0.4, 0.5) is 4.79 Å². The fourth-order valence-electron chi connectivity index (χ4n) is 1.66. The number of urea groups is 1. The molecule has 2 N–H and O–H groups in total. The second kappa shape index (κ2) is 6.78. The average molecular weight is 264 g/mol. The number of aliphatic carboxylic acids is 1. The molecule has 0 aliphatic heterocycles. The number of amides is 2. The summed E-state index contributed by atoms with van der Waals surface area (Å²) < 4.78 is 0. The Bertz CT molecular complexity index is 472. The van der Waals surface area contributed by atoms with E-state index in [1.54, 1.807) is 7.05 Å². The van der Waals surface area contributed by atoms with Gasteiger partial charge in [-0.15, -0.1) is 0 Å². The summed E-state index contributed by atoms with van der Waals surface area (Å²) in [6.07, 6.45) is -0.0663. The van der Waals surface area contributed by atoms with E-state index >= 15 is 0 Å². The van der Waals surface area contributed by atoms with Gasteiger partial charge >= 0.3 is 12.0 Å². The molecule has 19 heavy (non-hydrogen) atoms. The van der Waals surface area contributed by atoms with E-state index in [0.29, 0.717) is 6.54 Å². The van der Waals surface area contributed by atoms with Gasteiger partial charge in [0.15, 0.2) is 0 Å². The van der Waals surface area contributed by atoms with E-state index in [1.165, 1.54) is 16.0 Å². The molecule has 0 saturated carbocycles. The Morgan fingerprint density at radius 1 is 1.26 bits per heavy atom. The summed E-state index contributed by atoms with van der Waals surface area (Å²) in [5.74, 6) is -0.919. The van der Waals surface area contributed by atoms with Crippen LogP contribution < -0.4 is 5.32 Å². The van der Waals surface area contributed by atoms with Gasteiger partial charge < -0.3 is 15.3 Å². The lowest BCUT2D eigenvalue weighted by molar-refractivity contribution is -0.136. The SMILES string of the molecule is Cc1ccc(CN(C)C(=O)NCCC(=O)O)cc1C. The molecule has 1 rings (SSSR count). The first kappa shape index (κ1) is 15.0. The lowest BCUT2D eigenvalue weighted by atomic mass is 10.1. The van der Waals surface area contributed by atoms with Gasteiger partial charge in [-0.1, -0.05) is 18.2 Å². The highest BCUT2D eigenvalue weighted by Gasteiger charge is 2.09. The number of carbonyl (C=O) groups is 2. The number of carboxylic acids is 1. The minimum atomic E-state index is -0.919. The van der Waals surface area contributed by atoms with Gasteiger partial charge in [-0.25, -0.2) is 4.79 Å². The molecule has 0 fully saturated rings. The molecular weight excluding hydrogens is 244 g/mol. The number of hydrogen-bond donors (Lipinski definition) is 2. The molecule has 1 aromatic carbocycles. The minimum Gasteiger partial charge on any atom is -0.481 e. The summed E-state index contributed by atoms with van der Waals surface area (Å²) in [5, 5.41) is 11.1. The van der Waals surface area contributed by atoms with Crippen molar-refractivity contribution >= 4 is 12.0 Å². The van der Waals surface area contributed by atoms with Gasteiger partial charge in [-0.3, -0.25) is 4.79 Å². The number of nitrogens with one attached hydrogen (secondary N) is 1. The second-order valence-corrected chi connectivity index (χ2v) is 4.65. The van der Waals surface area contributed by atoms with Gasteiger partial charge in [-0.2, -0.15) is 0 Å². The predicted octanol–water partition coefficient (Wildman–Crippen LogP) is 1.92. The summed E-state index contributed by atoms with van der Waals surface area (Å²) in [5.41, 5.74) is 3.47. The molecule has 5 nitrogen and oxygen atoms in total. The zero-order valence-electron chi connectivity index (χ0n) is 11.6. The molecule has 104 valence electrons. The molecular formula is C14H20N2O3. The monoisotopic (exact) mass is 264 g/mol. The Morgan fingerprint density at radius 3 is 2.53 bits per heavy atom. The van der Waals surface area contributed by atoms with Crippen LogP contribution in [0, 0.1) is 13.8 Å². The lowest BCUT2D eigenvalue weighted by Crippen LogP contribution is -2.37. The van der Waals surface area contributed by atoms with Gasteiger partial charge in [0.05, 0.1) is 6.42 Å². The molecule has 0 radical (unpaired) electrons. The van der Waals surface area contributed by atoms with Gasteiger partial charge in [0.1, 0.15) is 0 Å². The zero-order valence-corrected chi connectivity index (χ0v) is 11.6. The normalized spacial score (nSPS) is 10.1. The van der Waals surface area contributed by atoms with Crippen molar-refractivity contribution < 1.29 is 14.7 Å². The van der Waals surface area contributed by atoms with Crippen LogP contribution in [0.3, 0.4) is 0 Å². The molecule has 0 unspecified atom stereocenters. The largest absolute Gasteiger partial charge is 0.481 e. The van der Waals surface area contributed by atoms with Crippen LogP contribution in [0.2, 0.25) is 0 Å². The topological polar surface area (TPSA) is 69.6 Å². The third-order valence-corrected chi connectivity index (χ3v) is 2.95. The summed E-state index contributed by atoms with van der Waals surface area (Å²) in [4.78, 5) is 23.6. The highest BCUT2D eigenvalue weighted by atomic mass is 16.4. The summed E-state index contributed by atoms with van der Waals surface area (Å²) in [6.45, 7) is 4.72. The van der Waals surface area contributed by atoms with Crippen molar-refractivity contribution in [3.05, 3.63) is 34.9 Å². The van der Waals surface area contributed by atoms with Gasteiger partial charge in [-0.05, 0) is 30.5 Å². The molecule has 0 spiro atoms. The first-order valence-electron chi connectivity index (χ1n) is 6.17. The van der Waals surface area contributed by atoms with Crippen LogP contribution in [0.5, 0.6) is 0 Å². The van der Waals surface area contributed by atoms with E-state index in [0.717, 1.165) is 5.56 Å². The Morgan fingerprint density at radius 2 is 1.95 bits per heavy atom. The highest BCUT2D eigenvalue weighted by molar-refractivity contribution is 5.75. The Hall–Kier alpha value is -2.04. The zero-order chi connectivity index (χ0) is 14.4. The van der Waals surface area contributed by atoms with Crippen LogP contribution in [0.15, 0.2) is 18.2 Å². The third kappa shape index (κ3) is 4.99. The van der Waals surface area contributed by atoms with Crippen molar-refractivity contribution in [1.82, 2.24) is 10.2 Å². The number of aryl methyl sites for hydroxylation is 2. The molecule has 2 amide bonds. The van der Waals surface area contributed by atoms with Crippen molar-refractivity contribution in [2.24, 2.45) is 0 Å². The van der Waals surface area contributed by atoms with Gasteiger partial charge in [0, 0.05) is 20.1 Å². The predicted molar refractivity (Wildman–Crippen MR) is 73.0 cm³/mol. The molecule has 0 aromatic heterocycles. The molecule has 1 aromatic rings. The number of carboxylic acid groups (broad SMARTS) is 1. The summed E-state index contributed by atoms with van der Waals surface area (Å²) in [7, 11) is 1.69. The van der Waals surface area contributed by atoms with Crippen molar-refractivity contribution in [3.8, 4) is 0 Å². The van der Waals surface area contributed by atoms with E-state index in [1.807, 2.05) is 26.0 Å². The van der Waals surface area contributed by atoms with Crippen LogP contribution in [0.1, 0.15) is 23.1 Å². The average Bonchev–Trinajstić information content (AvgIpc) is 2.33. The number of benzene rings is 1. The fraction of sp³-hybridized carbons (Fsp3) is 0.429. The van der Waals surface area contributed by atoms with Crippen molar-refractivity contribution in [1.29, 1.82) is 0 Å². The molecule has 0 aliphatic rings. The third-order valence-electron chi connectivity index (χ3n) is 2.95. The van der Waals surface area contributed by atoms with Gasteiger partial charge in [0.2, 0.25) is 0 Å². The standard InChI is InChI=1S/C14H20N2O3/c1-10-4-5-12(8-11(10)2)9-16(3)14(19)15-7-6-13(17)18/h4-5,8H,6-7,9H2,1-3H3,(H,15,19)(H,17,18). The summed E-state index contributed by atoms with van der Waals surface area (Å²) in [6, 6.07) is 5.81. The first-order valence-corrected chi connectivity index (χ1v) is 6.17. The first-order chi connectivity index (χ1) is 8.90. The number of hydrogen-bond acceptors (Lipinski definition) is 2. The smallest absolute Gasteiger partial charge is 0.317 e. The van der Waals surface area contributed by atoms with E-state index in [4.69, 9.17) is 5.11 Å². The number of carbonyl (C=O) groups excluding carboxylic acids is 1. The molecule has 0 aliphatic carbocycles. The van der Waals surface area contributed by atoms with Gasteiger partial charge in [0.25, 0.3) is 0 Å². The van der Waals surface area contributed by atoms with Crippen LogP contribution in [-0.2, 0) is 11.3 Å². The Labute approximate surface area is 113 Å². The summed E-state index contributed by atoms with van der Waals surface area (Å²) >= 11 is 0. The van der Waals surface area contributed by atoms with E-state index in [9.17, 15) is 9.59 Å². The Balaban J connectivity index is 2.49. The quantitative estimate of drug-likeness (QED) is 0.853. The van der Waals surface area contributed by atoms with E-state index < -0.39 is 5.97 Å². The van der Waals surface area contributed by atoms with Crippen LogP contribution >= 0.6 is 0 Å². The highest BCUT2D eigenvalue weighted by Crippen LogP contribution is 2.11. The molecule has 0 heterocycles. The maximum atomic E-state index is 11.7. The van der Waals surface area contributed by atoms with Crippen LogP contribution in [-0.4, -0.2) is 35.6 Å². The maximum absolute atomic E-state index is 11.7. The van der Waals surface area contributed by atoms with E-state index in [2.05, 4.69) is 11.4 Å². The van der Waals surface area contributed by atoms with E-state index in [-0.39, 0.29) is 19.0 Å². The van der Waals surface area contributed by atoms with Crippen molar-refractivity contribution in [2.45, 2.75) is 26.8 Å². The second-order valence-electron chi connectivity index (χ2n) is 4.65. The van der Waals surface area contributed by atoms with Crippen molar-refractivity contribution in [2.75, 3.05) is 13.6 Å². The Kier molecular flexibility index (Phi) is 5.36. The maximum Gasteiger partial charge on any atom is 0.317 e. The molecule has 5 heteroatoms. The van der Waals surface area contributed by atoms with Crippen LogP contribution in [0.25, 0.3) is 0 Å².